The molecule has 1 saturated heterocycles. The zero-order chi connectivity index (χ0) is 25.3. The molecule has 1 fully saturated rings. The zero-order valence-electron chi connectivity index (χ0n) is 18.7. The fraction of sp³-hybridized carbons (Fsp3) is 0.115. The number of amides is 4. The molecule has 3 aromatic rings. The maximum atomic E-state index is 13.2. The first-order valence-corrected chi connectivity index (χ1v) is 12.0. The second kappa shape index (κ2) is 10.2. The summed E-state index contributed by atoms with van der Waals surface area (Å²) in [6.07, 6.45) is 1.89. The van der Waals surface area contributed by atoms with Gasteiger partial charge in [-0.05, 0) is 60.0 Å². The topological polar surface area (TPSA) is 75.7 Å². The number of barbiturate groups is 1. The van der Waals surface area contributed by atoms with Crippen molar-refractivity contribution in [3.05, 3.63) is 96.9 Å². The molecule has 9 heteroatoms. The Hall–Kier alpha value is -3.13. The Bertz CT molecular complexity index is 1400. The summed E-state index contributed by atoms with van der Waals surface area (Å²) in [5.41, 5.74) is 3.06. The van der Waals surface area contributed by atoms with Crippen LogP contribution >= 0.6 is 39.1 Å². The van der Waals surface area contributed by atoms with E-state index in [0.717, 1.165) is 26.1 Å². The van der Waals surface area contributed by atoms with Gasteiger partial charge in [0.05, 0.1) is 12.8 Å². The summed E-state index contributed by atoms with van der Waals surface area (Å²) in [6, 6.07) is 15.0. The molecule has 0 aliphatic carbocycles. The fourth-order valence-corrected chi connectivity index (χ4v) is 4.57. The molecule has 0 bridgehead atoms. The lowest BCUT2D eigenvalue weighted by Crippen LogP contribution is -2.54. The number of hydrogen-bond donors (Lipinski definition) is 1. The quantitative estimate of drug-likeness (QED) is 0.286. The first-order valence-electron chi connectivity index (χ1n) is 10.5. The van der Waals surface area contributed by atoms with Gasteiger partial charge in [0.25, 0.3) is 11.8 Å². The van der Waals surface area contributed by atoms with Crippen LogP contribution in [0.4, 0.5) is 10.5 Å². The second-order valence-corrected chi connectivity index (χ2v) is 9.51. The lowest BCUT2D eigenvalue weighted by atomic mass is 10.0. The predicted octanol–water partition coefficient (Wildman–Crippen LogP) is 6.33. The van der Waals surface area contributed by atoms with Crippen molar-refractivity contribution in [3.8, 4) is 5.75 Å². The van der Waals surface area contributed by atoms with Crippen molar-refractivity contribution >= 4 is 68.7 Å². The molecule has 0 aromatic heterocycles. The number of urea groups is 1. The monoisotopic (exact) mass is 572 g/mol. The summed E-state index contributed by atoms with van der Waals surface area (Å²) in [5.74, 6) is -1.07. The van der Waals surface area contributed by atoms with Gasteiger partial charge >= 0.3 is 6.03 Å². The number of ether oxygens (including phenoxy) is 1. The van der Waals surface area contributed by atoms with E-state index in [4.69, 9.17) is 27.9 Å². The van der Waals surface area contributed by atoms with Crippen LogP contribution in [-0.2, 0) is 16.0 Å². The molecule has 0 spiro atoms. The Kier molecular flexibility index (Phi) is 7.31. The van der Waals surface area contributed by atoms with E-state index in [1.54, 1.807) is 31.2 Å². The molecule has 1 aliphatic rings. The van der Waals surface area contributed by atoms with E-state index in [0.29, 0.717) is 27.8 Å². The van der Waals surface area contributed by atoms with Crippen molar-refractivity contribution in [3.63, 3.8) is 0 Å². The van der Waals surface area contributed by atoms with Gasteiger partial charge in [0, 0.05) is 26.5 Å². The second-order valence-electron chi connectivity index (χ2n) is 7.84. The van der Waals surface area contributed by atoms with E-state index in [2.05, 4.69) is 21.2 Å². The van der Waals surface area contributed by atoms with Gasteiger partial charge in [-0.3, -0.25) is 14.9 Å². The number of nitrogens with one attached hydrogen (secondary N) is 1. The maximum Gasteiger partial charge on any atom is 0.335 e. The molecular weight excluding hydrogens is 555 g/mol. The molecule has 1 heterocycles. The summed E-state index contributed by atoms with van der Waals surface area (Å²) < 4.78 is 6.50. The first-order chi connectivity index (χ1) is 16.7. The standard InChI is InChI=1S/C26H19BrCl2N2O4/c1-14-7-8-17(13-21(14)28)31-25(33)19(24(32)30-26(31)34)9-15-10-22(29)18(23(11-15)35-2)12-16-5-3-4-6-20(16)27/h3-11,13H,12H2,1-2H3,(H,30,32,34)/b19-9+. The molecule has 0 radical (unpaired) electrons. The van der Waals surface area contributed by atoms with Crippen LogP contribution in [0.3, 0.4) is 0 Å². The van der Waals surface area contributed by atoms with Crippen LogP contribution in [0.25, 0.3) is 6.08 Å². The van der Waals surface area contributed by atoms with Crippen LogP contribution in [0.1, 0.15) is 22.3 Å². The SMILES string of the molecule is COc1cc(/C=C2\C(=O)NC(=O)N(c3ccc(C)c(Cl)c3)C2=O)cc(Cl)c1Cc1ccccc1Br. The van der Waals surface area contributed by atoms with Crippen molar-refractivity contribution in [2.24, 2.45) is 0 Å². The summed E-state index contributed by atoms with van der Waals surface area (Å²) in [5, 5.41) is 3.00. The Balaban J connectivity index is 1.72. The van der Waals surface area contributed by atoms with Gasteiger partial charge in [-0.15, -0.1) is 0 Å². The van der Waals surface area contributed by atoms with Crippen LogP contribution in [0.15, 0.2) is 64.6 Å². The van der Waals surface area contributed by atoms with E-state index in [1.165, 1.54) is 19.3 Å². The summed E-state index contributed by atoms with van der Waals surface area (Å²) in [4.78, 5) is 39.1. The number of rotatable bonds is 5. The highest BCUT2D eigenvalue weighted by molar-refractivity contribution is 9.10. The van der Waals surface area contributed by atoms with Crippen LogP contribution in [-0.4, -0.2) is 25.0 Å². The molecule has 0 saturated carbocycles. The average molecular weight is 574 g/mol. The van der Waals surface area contributed by atoms with Crippen molar-refractivity contribution in [1.82, 2.24) is 5.32 Å². The molecule has 4 amide bonds. The molecular formula is C26H19BrCl2N2O4. The number of hydrogen-bond acceptors (Lipinski definition) is 4. The van der Waals surface area contributed by atoms with Crippen molar-refractivity contribution in [1.29, 1.82) is 0 Å². The summed E-state index contributed by atoms with van der Waals surface area (Å²) in [6.45, 7) is 1.80. The minimum atomic E-state index is -0.850. The normalized spacial score (nSPS) is 14.9. The van der Waals surface area contributed by atoms with Gasteiger partial charge < -0.3 is 4.74 Å². The van der Waals surface area contributed by atoms with E-state index in [-0.39, 0.29) is 11.3 Å². The van der Waals surface area contributed by atoms with Crippen LogP contribution in [0.2, 0.25) is 10.0 Å². The fourth-order valence-electron chi connectivity index (χ4n) is 3.68. The van der Waals surface area contributed by atoms with E-state index < -0.39 is 17.8 Å². The molecule has 1 N–H and O–H groups in total. The third-order valence-corrected chi connectivity index (χ3v) is 7.07. The maximum absolute atomic E-state index is 13.2. The number of halogens is 3. The molecule has 6 nitrogen and oxygen atoms in total. The smallest absolute Gasteiger partial charge is 0.335 e. The number of benzene rings is 3. The number of nitrogens with zero attached hydrogens (tertiary/aromatic N) is 1. The van der Waals surface area contributed by atoms with Gasteiger partial charge in [0.1, 0.15) is 11.3 Å². The molecule has 3 aromatic carbocycles. The van der Waals surface area contributed by atoms with Crippen LogP contribution < -0.4 is 15.0 Å². The molecule has 0 atom stereocenters. The van der Waals surface area contributed by atoms with E-state index in [1.807, 2.05) is 24.3 Å². The summed E-state index contributed by atoms with van der Waals surface area (Å²) in [7, 11) is 1.52. The molecule has 0 unspecified atom stereocenters. The Labute approximate surface area is 220 Å². The lowest BCUT2D eigenvalue weighted by molar-refractivity contribution is -0.122. The van der Waals surface area contributed by atoms with Gasteiger partial charge in [0.15, 0.2) is 0 Å². The van der Waals surface area contributed by atoms with Crippen LogP contribution in [0.5, 0.6) is 5.75 Å². The third-order valence-electron chi connectivity index (χ3n) is 5.55. The van der Waals surface area contributed by atoms with Gasteiger partial charge in [-0.2, -0.15) is 0 Å². The van der Waals surface area contributed by atoms with E-state index >= 15 is 0 Å². The number of imide groups is 2. The Morgan fingerprint density at radius 2 is 1.77 bits per heavy atom. The summed E-state index contributed by atoms with van der Waals surface area (Å²) >= 11 is 16.3. The highest BCUT2D eigenvalue weighted by atomic mass is 79.9. The van der Waals surface area contributed by atoms with Crippen molar-refractivity contribution in [2.45, 2.75) is 13.3 Å². The van der Waals surface area contributed by atoms with Crippen LogP contribution in [0, 0.1) is 6.92 Å². The molecule has 4 rings (SSSR count). The lowest BCUT2D eigenvalue weighted by Gasteiger charge is -2.26. The largest absolute Gasteiger partial charge is 0.496 e. The molecule has 35 heavy (non-hydrogen) atoms. The Morgan fingerprint density at radius 1 is 1.03 bits per heavy atom. The highest BCUT2D eigenvalue weighted by Crippen LogP contribution is 2.34. The zero-order valence-corrected chi connectivity index (χ0v) is 21.8. The minimum Gasteiger partial charge on any atom is -0.496 e. The van der Waals surface area contributed by atoms with E-state index in [9.17, 15) is 14.4 Å². The first kappa shape index (κ1) is 25.0. The predicted molar refractivity (Wildman–Crippen MR) is 140 cm³/mol. The van der Waals surface area contributed by atoms with Crippen molar-refractivity contribution < 1.29 is 19.1 Å². The third kappa shape index (κ3) is 5.12. The number of carbonyl (C=O) groups excluding carboxylic acids is 3. The number of anilines is 1. The highest BCUT2D eigenvalue weighted by Gasteiger charge is 2.37. The van der Waals surface area contributed by atoms with Gasteiger partial charge in [-0.1, -0.05) is 63.4 Å². The molecule has 1 aliphatic heterocycles. The van der Waals surface area contributed by atoms with Crippen molar-refractivity contribution in [2.75, 3.05) is 12.0 Å². The average Bonchev–Trinajstić information content (AvgIpc) is 2.81. The van der Waals surface area contributed by atoms with Gasteiger partial charge in [0.2, 0.25) is 0 Å². The van der Waals surface area contributed by atoms with Gasteiger partial charge in [-0.25, -0.2) is 9.69 Å². The number of carbonyl (C=O) groups is 3. The number of methoxy groups -OCH3 is 1. The minimum absolute atomic E-state index is 0.224. The number of aryl methyl sites for hydroxylation is 1. The Morgan fingerprint density at radius 3 is 2.46 bits per heavy atom. The molecule has 178 valence electrons.